The SMILES string of the molecule is CC(=NNc1nc(-c2ccccc2Cl)nc2ccccc12)c1ccccc1O. The fourth-order valence-electron chi connectivity index (χ4n) is 2.90. The van der Waals surface area contributed by atoms with E-state index < -0.39 is 0 Å². The van der Waals surface area contributed by atoms with Gasteiger partial charge in [-0.2, -0.15) is 5.10 Å². The van der Waals surface area contributed by atoms with Crippen LogP contribution in [0.2, 0.25) is 5.02 Å². The Bertz CT molecular complexity index is 1190. The maximum atomic E-state index is 10.0. The number of hydrogen-bond acceptors (Lipinski definition) is 5. The molecule has 1 aromatic heterocycles. The van der Waals surface area contributed by atoms with E-state index in [1.165, 1.54) is 0 Å². The number of benzene rings is 3. The summed E-state index contributed by atoms with van der Waals surface area (Å²) in [4.78, 5) is 9.29. The molecule has 0 spiro atoms. The second kappa shape index (κ2) is 7.66. The predicted molar refractivity (Wildman–Crippen MR) is 114 cm³/mol. The number of hydrazone groups is 1. The Hall–Kier alpha value is -3.44. The topological polar surface area (TPSA) is 70.4 Å². The molecule has 138 valence electrons. The van der Waals surface area contributed by atoms with Crippen LogP contribution < -0.4 is 5.43 Å². The molecule has 0 aliphatic carbocycles. The fourth-order valence-corrected chi connectivity index (χ4v) is 3.12. The first-order valence-corrected chi connectivity index (χ1v) is 9.11. The maximum absolute atomic E-state index is 10.0. The van der Waals surface area contributed by atoms with Crippen LogP contribution in [0.3, 0.4) is 0 Å². The second-order valence-electron chi connectivity index (χ2n) is 6.22. The van der Waals surface area contributed by atoms with Gasteiger partial charge in [-0.05, 0) is 43.3 Å². The average Bonchev–Trinajstić information content (AvgIpc) is 2.72. The normalized spacial score (nSPS) is 11.6. The summed E-state index contributed by atoms with van der Waals surface area (Å²) in [5, 5.41) is 15.9. The first kappa shape index (κ1) is 17.9. The van der Waals surface area contributed by atoms with Gasteiger partial charge in [-0.25, -0.2) is 9.97 Å². The van der Waals surface area contributed by atoms with Crippen molar-refractivity contribution in [3.05, 3.63) is 83.4 Å². The summed E-state index contributed by atoms with van der Waals surface area (Å²) in [5.74, 6) is 1.26. The first-order chi connectivity index (χ1) is 13.6. The van der Waals surface area contributed by atoms with E-state index in [0.717, 1.165) is 16.5 Å². The van der Waals surface area contributed by atoms with Crippen molar-refractivity contribution in [1.82, 2.24) is 9.97 Å². The van der Waals surface area contributed by atoms with Gasteiger partial charge in [0.1, 0.15) is 5.75 Å². The van der Waals surface area contributed by atoms with Gasteiger partial charge >= 0.3 is 0 Å². The molecule has 4 rings (SSSR count). The van der Waals surface area contributed by atoms with Crippen molar-refractivity contribution in [2.75, 3.05) is 5.43 Å². The highest BCUT2D eigenvalue weighted by Crippen LogP contribution is 2.29. The molecule has 28 heavy (non-hydrogen) atoms. The lowest BCUT2D eigenvalue weighted by Crippen LogP contribution is -2.03. The number of nitrogens with one attached hydrogen (secondary N) is 1. The van der Waals surface area contributed by atoms with E-state index in [9.17, 15) is 5.11 Å². The Morgan fingerprint density at radius 2 is 1.64 bits per heavy atom. The van der Waals surface area contributed by atoms with Crippen LogP contribution in [0.15, 0.2) is 77.9 Å². The number of para-hydroxylation sites is 2. The second-order valence-corrected chi connectivity index (χ2v) is 6.63. The van der Waals surface area contributed by atoms with Crippen LogP contribution in [0.4, 0.5) is 5.82 Å². The van der Waals surface area contributed by atoms with E-state index in [4.69, 9.17) is 11.6 Å². The van der Waals surface area contributed by atoms with Crippen LogP contribution >= 0.6 is 11.6 Å². The number of halogens is 1. The Morgan fingerprint density at radius 1 is 0.929 bits per heavy atom. The fraction of sp³-hybridized carbons (Fsp3) is 0.0455. The standard InChI is InChI=1S/C22H17ClN4O/c1-14(15-8-4-7-13-20(15)28)26-27-22-17-10-3-6-12-19(17)24-21(25-22)16-9-2-5-11-18(16)23/h2-13,28H,1H3,(H,24,25,27). The Kier molecular flexibility index (Phi) is 4.91. The third-order valence-electron chi connectivity index (χ3n) is 4.34. The van der Waals surface area contributed by atoms with Crippen LogP contribution in [-0.2, 0) is 0 Å². The lowest BCUT2D eigenvalue weighted by molar-refractivity contribution is 0.474. The number of hydrogen-bond donors (Lipinski definition) is 2. The molecule has 5 nitrogen and oxygen atoms in total. The van der Waals surface area contributed by atoms with Gasteiger partial charge in [0.2, 0.25) is 0 Å². The van der Waals surface area contributed by atoms with Crippen LogP contribution in [0.1, 0.15) is 12.5 Å². The minimum atomic E-state index is 0.176. The molecule has 6 heteroatoms. The quantitative estimate of drug-likeness (QED) is 0.358. The Labute approximate surface area is 167 Å². The van der Waals surface area contributed by atoms with Crippen LogP contribution in [0.25, 0.3) is 22.3 Å². The zero-order valence-electron chi connectivity index (χ0n) is 15.1. The van der Waals surface area contributed by atoms with Gasteiger partial charge in [-0.1, -0.05) is 48.0 Å². The molecule has 0 saturated carbocycles. The number of nitrogens with zero attached hydrogens (tertiary/aromatic N) is 3. The van der Waals surface area contributed by atoms with E-state index >= 15 is 0 Å². The number of phenolic OH excluding ortho intramolecular Hbond substituents is 1. The first-order valence-electron chi connectivity index (χ1n) is 8.74. The zero-order valence-corrected chi connectivity index (χ0v) is 15.9. The monoisotopic (exact) mass is 388 g/mol. The molecule has 4 aromatic rings. The summed E-state index contributed by atoms with van der Waals surface area (Å²) in [7, 11) is 0. The molecule has 0 aliphatic heterocycles. The van der Waals surface area contributed by atoms with Gasteiger partial charge in [0.05, 0.1) is 16.3 Å². The number of anilines is 1. The molecule has 3 aromatic carbocycles. The molecule has 0 saturated heterocycles. The third kappa shape index (κ3) is 3.52. The number of aromatic nitrogens is 2. The molecule has 0 atom stereocenters. The molecule has 0 unspecified atom stereocenters. The summed E-state index contributed by atoms with van der Waals surface area (Å²) in [6.45, 7) is 1.82. The molecule has 2 N–H and O–H groups in total. The van der Waals surface area contributed by atoms with Crippen LogP contribution in [-0.4, -0.2) is 20.8 Å². The largest absolute Gasteiger partial charge is 0.507 e. The van der Waals surface area contributed by atoms with Gasteiger partial charge in [0.25, 0.3) is 0 Å². The van der Waals surface area contributed by atoms with E-state index in [-0.39, 0.29) is 5.75 Å². The van der Waals surface area contributed by atoms with Crippen molar-refractivity contribution in [2.24, 2.45) is 5.10 Å². The van der Waals surface area contributed by atoms with Crippen molar-refractivity contribution < 1.29 is 5.11 Å². The van der Waals surface area contributed by atoms with Gasteiger partial charge < -0.3 is 5.11 Å². The van der Waals surface area contributed by atoms with Crippen molar-refractivity contribution in [2.45, 2.75) is 6.92 Å². The number of aromatic hydroxyl groups is 1. The molecule has 0 aliphatic rings. The molecule has 1 heterocycles. The summed E-state index contributed by atoms with van der Waals surface area (Å²) < 4.78 is 0. The summed E-state index contributed by atoms with van der Waals surface area (Å²) >= 11 is 6.33. The third-order valence-corrected chi connectivity index (χ3v) is 4.67. The van der Waals surface area contributed by atoms with Gasteiger partial charge in [-0.15, -0.1) is 0 Å². The van der Waals surface area contributed by atoms with E-state index in [1.807, 2.05) is 67.6 Å². The summed E-state index contributed by atoms with van der Waals surface area (Å²) in [5.41, 5.74) is 5.85. The molecular weight excluding hydrogens is 372 g/mol. The number of rotatable bonds is 4. The minimum absolute atomic E-state index is 0.176. The van der Waals surface area contributed by atoms with Crippen molar-refractivity contribution in [3.8, 4) is 17.1 Å². The molecule has 0 radical (unpaired) electrons. The van der Waals surface area contributed by atoms with Crippen LogP contribution in [0, 0.1) is 0 Å². The average molecular weight is 389 g/mol. The Morgan fingerprint density at radius 3 is 2.46 bits per heavy atom. The molecule has 0 bridgehead atoms. The lowest BCUT2D eigenvalue weighted by atomic mass is 10.1. The maximum Gasteiger partial charge on any atom is 0.163 e. The number of fused-ring (bicyclic) bond motifs is 1. The Balaban J connectivity index is 1.79. The van der Waals surface area contributed by atoms with E-state index in [1.54, 1.807) is 12.1 Å². The van der Waals surface area contributed by atoms with Crippen molar-refractivity contribution >= 4 is 34.0 Å². The van der Waals surface area contributed by atoms with Crippen molar-refractivity contribution in [1.29, 1.82) is 0 Å². The van der Waals surface area contributed by atoms with E-state index in [2.05, 4.69) is 20.5 Å². The zero-order chi connectivity index (χ0) is 19.5. The van der Waals surface area contributed by atoms with Crippen molar-refractivity contribution in [3.63, 3.8) is 0 Å². The minimum Gasteiger partial charge on any atom is -0.507 e. The van der Waals surface area contributed by atoms with Gasteiger partial charge in [-0.3, -0.25) is 5.43 Å². The lowest BCUT2D eigenvalue weighted by Gasteiger charge is -2.10. The highest BCUT2D eigenvalue weighted by molar-refractivity contribution is 6.33. The summed E-state index contributed by atoms with van der Waals surface area (Å²) in [6.07, 6.45) is 0. The molecule has 0 fully saturated rings. The van der Waals surface area contributed by atoms with Gasteiger partial charge in [0, 0.05) is 16.5 Å². The molecular formula is C22H17ClN4O. The molecule has 0 amide bonds. The predicted octanol–water partition coefficient (Wildman–Crippen LogP) is 5.49. The highest BCUT2D eigenvalue weighted by Gasteiger charge is 2.12. The smallest absolute Gasteiger partial charge is 0.163 e. The van der Waals surface area contributed by atoms with Gasteiger partial charge in [0.15, 0.2) is 11.6 Å². The van der Waals surface area contributed by atoms with Crippen LogP contribution in [0.5, 0.6) is 5.75 Å². The number of phenols is 1. The van der Waals surface area contributed by atoms with E-state index in [0.29, 0.717) is 27.9 Å². The highest BCUT2D eigenvalue weighted by atomic mass is 35.5. The summed E-state index contributed by atoms with van der Waals surface area (Å²) in [6, 6.07) is 22.2.